The fourth-order valence-corrected chi connectivity index (χ4v) is 2.77. The lowest BCUT2D eigenvalue weighted by Gasteiger charge is -2.08. The van der Waals surface area contributed by atoms with Gasteiger partial charge in [-0.1, -0.05) is 11.6 Å². The van der Waals surface area contributed by atoms with Gasteiger partial charge in [0.15, 0.2) is 0 Å². The molecule has 0 saturated carbocycles. The quantitative estimate of drug-likeness (QED) is 0.825. The summed E-state index contributed by atoms with van der Waals surface area (Å²) in [6, 6.07) is 8.69. The van der Waals surface area contributed by atoms with Crippen molar-refractivity contribution in [3.05, 3.63) is 62.5 Å². The summed E-state index contributed by atoms with van der Waals surface area (Å²) in [5.41, 5.74) is 1.85. The Balaban J connectivity index is 1.53. The molecule has 1 aliphatic carbocycles. The van der Waals surface area contributed by atoms with Crippen LogP contribution in [0.2, 0.25) is 5.02 Å². The maximum Gasteiger partial charge on any atom is 0.261 e. The van der Waals surface area contributed by atoms with Crippen molar-refractivity contribution >= 4 is 17.5 Å². The molecular formula is C17H17ClN2O3. The van der Waals surface area contributed by atoms with Gasteiger partial charge in [0.25, 0.3) is 11.5 Å². The minimum absolute atomic E-state index is 0.164. The molecule has 0 radical (unpaired) electrons. The summed E-state index contributed by atoms with van der Waals surface area (Å²) in [5, 5.41) is 3.34. The van der Waals surface area contributed by atoms with Gasteiger partial charge in [0.2, 0.25) is 0 Å². The third kappa shape index (κ3) is 3.74. The predicted molar refractivity (Wildman–Crippen MR) is 88.4 cm³/mol. The number of aromatic amines is 1. The normalized spacial score (nSPS) is 12.7. The molecule has 5 nitrogen and oxygen atoms in total. The minimum Gasteiger partial charge on any atom is -0.492 e. The standard InChI is InChI=1S/C17H17ClN2O3/c18-12-4-6-13(7-5-12)23-9-8-19-16(21)14-10-11-2-1-3-15(11)20-17(14)22/h4-7,10H,1-3,8-9H2,(H,19,21)(H,20,22). The van der Waals surface area contributed by atoms with Gasteiger partial charge in [0.05, 0.1) is 6.54 Å². The molecule has 6 heteroatoms. The van der Waals surface area contributed by atoms with Crippen molar-refractivity contribution in [1.82, 2.24) is 10.3 Å². The molecule has 0 unspecified atom stereocenters. The van der Waals surface area contributed by atoms with Gasteiger partial charge in [-0.25, -0.2) is 0 Å². The van der Waals surface area contributed by atoms with E-state index >= 15 is 0 Å². The highest BCUT2D eigenvalue weighted by molar-refractivity contribution is 6.30. The molecule has 2 aromatic rings. The molecule has 1 aliphatic rings. The van der Waals surface area contributed by atoms with Crippen LogP contribution in [0.3, 0.4) is 0 Å². The molecule has 0 spiro atoms. The Morgan fingerprint density at radius 1 is 1.26 bits per heavy atom. The lowest BCUT2D eigenvalue weighted by Crippen LogP contribution is -2.32. The smallest absolute Gasteiger partial charge is 0.261 e. The molecule has 1 aromatic heterocycles. The van der Waals surface area contributed by atoms with Crippen molar-refractivity contribution in [3.8, 4) is 5.75 Å². The first-order valence-electron chi connectivity index (χ1n) is 7.55. The molecule has 0 saturated heterocycles. The van der Waals surface area contributed by atoms with Crippen LogP contribution in [-0.4, -0.2) is 24.0 Å². The van der Waals surface area contributed by atoms with Crippen molar-refractivity contribution in [3.63, 3.8) is 0 Å². The monoisotopic (exact) mass is 332 g/mol. The van der Waals surface area contributed by atoms with E-state index in [0.29, 0.717) is 23.9 Å². The van der Waals surface area contributed by atoms with Gasteiger partial charge in [-0.2, -0.15) is 0 Å². The molecule has 3 rings (SSSR count). The van der Waals surface area contributed by atoms with Gasteiger partial charge in [-0.3, -0.25) is 9.59 Å². The minimum atomic E-state index is -0.374. The van der Waals surface area contributed by atoms with Crippen LogP contribution in [0.25, 0.3) is 0 Å². The molecule has 23 heavy (non-hydrogen) atoms. The second kappa shape index (κ2) is 6.87. The van der Waals surface area contributed by atoms with E-state index in [2.05, 4.69) is 10.3 Å². The van der Waals surface area contributed by atoms with E-state index in [9.17, 15) is 9.59 Å². The fraction of sp³-hybridized carbons (Fsp3) is 0.294. The second-order valence-electron chi connectivity index (χ2n) is 5.43. The van der Waals surface area contributed by atoms with Crippen molar-refractivity contribution in [2.45, 2.75) is 19.3 Å². The molecule has 1 aromatic carbocycles. The first-order valence-corrected chi connectivity index (χ1v) is 7.93. The number of halogens is 1. The molecule has 0 bridgehead atoms. The number of benzene rings is 1. The number of rotatable bonds is 5. The molecule has 2 N–H and O–H groups in total. The lowest BCUT2D eigenvalue weighted by atomic mass is 10.1. The SMILES string of the molecule is O=C(NCCOc1ccc(Cl)cc1)c1cc2c([nH]c1=O)CCC2. The van der Waals surface area contributed by atoms with Gasteiger partial charge < -0.3 is 15.0 Å². The predicted octanol–water partition coefficient (Wildman–Crippen LogP) is 2.33. The number of H-pyrrole nitrogens is 1. The number of aryl methyl sites for hydroxylation is 2. The summed E-state index contributed by atoms with van der Waals surface area (Å²) in [7, 11) is 0. The van der Waals surface area contributed by atoms with Crippen molar-refractivity contribution in [2.24, 2.45) is 0 Å². The van der Waals surface area contributed by atoms with E-state index in [1.54, 1.807) is 30.3 Å². The second-order valence-corrected chi connectivity index (χ2v) is 5.86. The summed E-state index contributed by atoms with van der Waals surface area (Å²) < 4.78 is 5.49. The number of carbonyl (C=O) groups is 1. The zero-order chi connectivity index (χ0) is 16.2. The van der Waals surface area contributed by atoms with E-state index in [1.807, 2.05) is 0 Å². The number of hydrogen-bond donors (Lipinski definition) is 2. The van der Waals surface area contributed by atoms with E-state index in [-0.39, 0.29) is 17.0 Å². The highest BCUT2D eigenvalue weighted by Gasteiger charge is 2.17. The zero-order valence-corrected chi connectivity index (χ0v) is 13.3. The largest absolute Gasteiger partial charge is 0.492 e. The lowest BCUT2D eigenvalue weighted by molar-refractivity contribution is 0.0945. The van der Waals surface area contributed by atoms with Crippen LogP contribution in [-0.2, 0) is 12.8 Å². The Labute approximate surface area is 138 Å². The summed E-state index contributed by atoms with van der Waals surface area (Å²) in [5.74, 6) is 0.305. The third-order valence-corrected chi connectivity index (χ3v) is 4.05. The summed E-state index contributed by atoms with van der Waals surface area (Å²) >= 11 is 5.79. The summed E-state index contributed by atoms with van der Waals surface area (Å²) in [6.45, 7) is 0.633. The molecular weight excluding hydrogens is 316 g/mol. The third-order valence-electron chi connectivity index (χ3n) is 3.80. The van der Waals surface area contributed by atoms with Crippen LogP contribution in [0.4, 0.5) is 0 Å². The molecule has 120 valence electrons. The average Bonchev–Trinajstić information content (AvgIpc) is 2.99. The van der Waals surface area contributed by atoms with Gasteiger partial charge in [-0.05, 0) is 55.2 Å². The van der Waals surface area contributed by atoms with Gasteiger partial charge >= 0.3 is 0 Å². The van der Waals surface area contributed by atoms with Crippen molar-refractivity contribution in [1.29, 1.82) is 0 Å². The highest BCUT2D eigenvalue weighted by atomic mass is 35.5. The average molecular weight is 333 g/mol. The Hall–Kier alpha value is -2.27. The van der Waals surface area contributed by atoms with Crippen molar-refractivity contribution in [2.75, 3.05) is 13.2 Å². The summed E-state index contributed by atoms with van der Waals surface area (Å²) in [4.78, 5) is 26.9. The van der Waals surface area contributed by atoms with E-state index in [4.69, 9.17) is 16.3 Å². The van der Waals surface area contributed by atoms with Crippen LogP contribution in [0.5, 0.6) is 5.75 Å². The summed E-state index contributed by atoms with van der Waals surface area (Å²) in [6.07, 6.45) is 2.80. The van der Waals surface area contributed by atoms with Crippen LogP contribution >= 0.6 is 11.6 Å². The first kappa shape index (κ1) is 15.6. The molecule has 0 fully saturated rings. The first-order chi connectivity index (χ1) is 11.1. The molecule has 1 amide bonds. The van der Waals surface area contributed by atoms with Crippen LogP contribution in [0, 0.1) is 0 Å². The van der Waals surface area contributed by atoms with Crippen molar-refractivity contribution < 1.29 is 9.53 Å². The number of nitrogens with one attached hydrogen (secondary N) is 2. The van der Waals surface area contributed by atoms with Crippen LogP contribution in [0.15, 0.2) is 35.1 Å². The van der Waals surface area contributed by atoms with E-state index < -0.39 is 0 Å². The van der Waals surface area contributed by atoms with Gasteiger partial charge in [-0.15, -0.1) is 0 Å². The number of hydrogen-bond acceptors (Lipinski definition) is 3. The highest BCUT2D eigenvalue weighted by Crippen LogP contribution is 2.18. The topological polar surface area (TPSA) is 71.2 Å². The Kier molecular flexibility index (Phi) is 4.67. The van der Waals surface area contributed by atoms with E-state index in [0.717, 1.165) is 30.5 Å². The maximum absolute atomic E-state index is 12.1. The zero-order valence-electron chi connectivity index (χ0n) is 12.5. The molecule has 1 heterocycles. The maximum atomic E-state index is 12.1. The number of aromatic nitrogens is 1. The van der Waals surface area contributed by atoms with Gasteiger partial charge in [0, 0.05) is 10.7 Å². The number of pyridine rings is 1. The number of ether oxygens (including phenoxy) is 1. The number of fused-ring (bicyclic) bond motifs is 1. The number of carbonyl (C=O) groups excluding carboxylic acids is 1. The van der Waals surface area contributed by atoms with E-state index in [1.165, 1.54) is 0 Å². The van der Waals surface area contributed by atoms with Crippen LogP contribution < -0.4 is 15.6 Å². The molecule has 0 atom stereocenters. The fourth-order valence-electron chi connectivity index (χ4n) is 2.64. The Bertz CT molecular complexity index is 768. The Morgan fingerprint density at radius 2 is 2.04 bits per heavy atom. The number of amides is 1. The molecule has 0 aliphatic heterocycles. The van der Waals surface area contributed by atoms with Gasteiger partial charge in [0.1, 0.15) is 17.9 Å². The van der Waals surface area contributed by atoms with Crippen LogP contribution in [0.1, 0.15) is 28.0 Å². The Morgan fingerprint density at radius 3 is 2.83 bits per heavy atom.